The SMILES string of the molecule is CC(C)NC(=O)c1ccc(OCC2CCCN2C(=O)c2ccccc2)cc1. The molecule has 1 atom stereocenters. The Hall–Kier alpha value is -2.82. The first-order chi connectivity index (χ1) is 13.0. The molecule has 1 N–H and O–H groups in total. The van der Waals surface area contributed by atoms with E-state index in [0.717, 1.165) is 19.4 Å². The molecule has 1 fully saturated rings. The number of hydrogen-bond acceptors (Lipinski definition) is 3. The van der Waals surface area contributed by atoms with Crippen LogP contribution >= 0.6 is 0 Å². The van der Waals surface area contributed by atoms with Crippen molar-refractivity contribution in [2.24, 2.45) is 0 Å². The Bertz CT molecular complexity index is 772. The van der Waals surface area contributed by atoms with Gasteiger partial charge < -0.3 is 15.0 Å². The Morgan fingerprint density at radius 3 is 2.44 bits per heavy atom. The van der Waals surface area contributed by atoms with Crippen LogP contribution in [0.2, 0.25) is 0 Å². The lowest BCUT2D eigenvalue weighted by Gasteiger charge is -2.25. The van der Waals surface area contributed by atoms with Gasteiger partial charge in [0.2, 0.25) is 0 Å². The van der Waals surface area contributed by atoms with Crippen molar-refractivity contribution < 1.29 is 14.3 Å². The minimum absolute atomic E-state index is 0.0578. The van der Waals surface area contributed by atoms with Gasteiger partial charge in [-0.15, -0.1) is 0 Å². The van der Waals surface area contributed by atoms with Gasteiger partial charge in [0.05, 0.1) is 6.04 Å². The second kappa shape index (κ2) is 8.71. The predicted octanol–water partition coefficient (Wildman–Crippen LogP) is 3.51. The highest BCUT2D eigenvalue weighted by atomic mass is 16.5. The van der Waals surface area contributed by atoms with Crippen molar-refractivity contribution in [3.8, 4) is 5.75 Å². The van der Waals surface area contributed by atoms with E-state index in [4.69, 9.17) is 4.74 Å². The van der Waals surface area contributed by atoms with Crippen molar-refractivity contribution in [3.05, 3.63) is 65.7 Å². The third-order valence-corrected chi connectivity index (χ3v) is 4.64. The van der Waals surface area contributed by atoms with Gasteiger partial charge >= 0.3 is 0 Å². The van der Waals surface area contributed by atoms with E-state index in [1.54, 1.807) is 24.3 Å². The second-order valence-electron chi connectivity index (χ2n) is 7.12. The highest BCUT2D eigenvalue weighted by Crippen LogP contribution is 2.22. The number of rotatable bonds is 6. The van der Waals surface area contributed by atoms with E-state index in [1.165, 1.54) is 0 Å². The molecule has 1 unspecified atom stereocenters. The normalized spacial score (nSPS) is 16.4. The Morgan fingerprint density at radius 1 is 1.07 bits per heavy atom. The van der Waals surface area contributed by atoms with Gasteiger partial charge in [-0.05, 0) is 63.1 Å². The number of carbonyl (C=O) groups excluding carboxylic acids is 2. The molecule has 0 radical (unpaired) electrons. The summed E-state index contributed by atoms with van der Waals surface area (Å²) in [5.41, 5.74) is 1.32. The van der Waals surface area contributed by atoms with E-state index in [0.29, 0.717) is 23.5 Å². The molecule has 2 aromatic rings. The zero-order valence-electron chi connectivity index (χ0n) is 15.9. The molecule has 1 heterocycles. The van der Waals surface area contributed by atoms with Gasteiger partial charge in [-0.3, -0.25) is 9.59 Å². The summed E-state index contributed by atoms with van der Waals surface area (Å²) in [5, 5.41) is 2.87. The van der Waals surface area contributed by atoms with E-state index in [9.17, 15) is 9.59 Å². The number of benzene rings is 2. The topological polar surface area (TPSA) is 58.6 Å². The third-order valence-electron chi connectivity index (χ3n) is 4.64. The van der Waals surface area contributed by atoms with Gasteiger partial charge in [0.15, 0.2) is 0 Å². The van der Waals surface area contributed by atoms with Crippen molar-refractivity contribution in [2.45, 2.75) is 38.8 Å². The van der Waals surface area contributed by atoms with Crippen LogP contribution in [0.25, 0.3) is 0 Å². The maximum atomic E-state index is 12.7. The molecule has 1 aliphatic heterocycles. The lowest BCUT2D eigenvalue weighted by molar-refractivity contribution is 0.0691. The van der Waals surface area contributed by atoms with E-state index in [1.807, 2.05) is 49.1 Å². The highest BCUT2D eigenvalue weighted by Gasteiger charge is 2.29. The maximum absolute atomic E-state index is 12.7. The van der Waals surface area contributed by atoms with Gasteiger partial charge in [0.1, 0.15) is 12.4 Å². The zero-order valence-corrected chi connectivity index (χ0v) is 15.9. The van der Waals surface area contributed by atoms with Crippen LogP contribution in [0, 0.1) is 0 Å². The molecule has 0 spiro atoms. The van der Waals surface area contributed by atoms with Crippen molar-refractivity contribution >= 4 is 11.8 Å². The number of carbonyl (C=O) groups is 2. The molecule has 0 aliphatic carbocycles. The van der Waals surface area contributed by atoms with Crippen LogP contribution in [-0.2, 0) is 0 Å². The fraction of sp³-hybridized carbons (Fsp3) is 0.364. The van der Waals surface area contributed by atoms with Crippen LogP contribution < -0.4 is 10.1 Å². The number of likely N-dealkylation sites (tertiary alicyclic amines) is 1. The summed E-state index contributed by atoms with van der Waals surface area (Å²) >= 11 is 0. The molecular formula is C22H26N2O3. The number of nitrogens with one attached hydrogen (secondary N) is 1. The molecule has 1 saturated heterocycles. The predicted molar refractivity (Wildman–Crippen MR) is 105 cm³/mol. The van der Waals surface area contributed by atoms with Crippen molar-refractivity contribution in [1.82, 2.24) is 10.2 Å². The van der Waals surface area contributed by atoms with Crippen LogP contribution in [0.15, 0.2) is 54.6 Å². The van der Waals surface area contributed by atoms with Gasteiger partial charge in [-0.1, -0.05) is 18.2 Å². The van der Waals surface area contributed by atoms with Crippen molar-refractivity contribution in [1.29, 1.82) is 0 Å². The van der Waals surface area contributed by atoms with E-state index >= 15 is 0 Å². The minimum atomic E-state index is -0.0908. The summed E-state index contributed by atoms with van der Waals surface area (Å²) in [6, 6.07) is 16.7. The molecule has 1 aliphatic rings. The van der Waals surface area contributed by atoms with Crippen LogP contribution in [0.1, 0.15) is 47.4 Å². The summed E-state index contributed by atoms with van der Waals surface area (Å²) in [6.45, 7) is 5.07. The second-order valence-corrected chi connectivity index (χ2v) is 7.12. The lowest BCUT2D eigenvalue weighted by atomic mass is 10.1. The average Bonchev–Trinajstić information content (AvgIpc) is 3.15. The quantitative estimate of drug-likeness (QED) is 0.851. The molecule has 27 heavy (non-hydrogen) atoms. The molecule has 5 nitrogen and oxygen atoms in total. The molecule has 2 aromatic carbocycles. The number of nitrogens with zero attached hydrogens (tertiary/aromatic N) is 1. The lowest BCUT2D eigenvalue weighted by Crippen LogP contribution is -2.39. The molecule has 142 valence electrons. The number of amides is 2. The molecular weight excluding hydrogens is 340 g/mol. The van der Waals surface area contributed by atoms with Crippen LogP contribution in [0.5, 0.6) is 5.75 Å². The highest BCUT2D eigenvalue weighted by molar-refractivity contribution is 5.95. The summed E-state index contributed by atoms with van der Waals surface area (Å²) < 4.78 is 5.90. The molecule has 3 rings (SSSR count). The summed E-state index contributed by atoms with van der Waals surface area (Å²) in [5.74, 6) is 0.671. The summed E-state index contributed by atoms with van der Waals surface area (Å²) in [6.07, 6.45) is 1.92. The van der Waals surface area contributed by atoms with Gasteiger partial charge in [-0.2, -0.15) is 0 Å². The van der Waals surface area contributed by atoms with Crippen molar-refractivity contribution in [2.75, 3.05) is 13.2 Å². The van der Waals surface area contributed by atoms with Crippen LogP contribution in [0.3, 0.4) is 0 Å². The van der Waals surface area contributed by atoms with E-state index < -0.39 is 0 Å². The Kier molecular flexibility index (Phi) is 6.12. The fourth-order valence-corrected chi connectivity index (χ4v) is 3.26. The van der Waals surface area contributed by atoms with Gasteiger partial charge in [0, 0.05) is 23.7 Å². The van der Waals surface area contributed by atoms with Crippen LogP contribution in [0.4, 0.5) is 0 Å². The summed E-state index contributed by atoms with van der Waals surface area (Å²) in [4.78, 5) is 26.6. The first kappa shape index (κ1) is 19.0. The Balaban J connectivity index is 1.57. The van der Waals surface area contributed by atoms with Crippen molar-refractivity contribution in [3.63, 3.8) is 0 Å². The largest absolute Gasteiger partial charge is 0.491 e. The van der Waals surface area contributed by atoms with Gasteiger partial charge in [0.25, 0.3) is 11.8 Å². The molecule has 0 aromatic heterocycles. The standard InChI is InChI=1S/C22H26N2O3/c1-16(2)23-21(25)17-10-12-20(13-11-17)27-15-19-9-6-14-24(19)22(26)18-7-4-3-5-8-18/h3-5,7-8,10-13,16,19H,6,9,14-15H2,1-2H3,(H,23,25). The average molecular weight is 366 g/mol. The first-order valence-corrected chi connectivity index (χ1v) is 9.44. The monoisotopic (exact) mass is 366 g/mol. The Morgan fingerprint density at radius 2 is 1.78 bits per heavy atom. The fourth-order valence-electron chi connectivity index (χ4n) is 3.26. The molecule has 5 heteroatoms. The third kappa shape index (κ3) is 4.88. The molecule has 0 saturated carbocycles. The van der Waals surface area contributed by atoms with Crippen LogP contribution in [-0.4, -0.2) is 41.9 Å². The smallest absolute Gasteiger partial charge is 0.254 e. The molecule has 2 amide bonds. The maximum Gasteiger partial charge on any atom is 0.254 e. The number of ether oxygens (including phenoxy) is 1. The first-order valence-electron chi connectivity index (χ1n) is 9.44. The van der Waals surface area contributed by atoms with E-state index in [-0.39, 0.29) is 23.9 Å². The summed E-state index contributed by atoms with van der Waals surface area (Å²) in [7, 11) is 0. The minimum Gasteiger partial charge on any atom is -0.491 e. The van der Waals surface area contributed by atoms with Gasteiger partial charge in [-0.25, -0.2) is 0 Å². The van der Waals surface area contributed by atoms with E-state index in [2.05, 4.69) is 5.32 Å². The molecule has 0 bridgehead atoms. The number of hydrogen-bond donors (Lipinski definition) is 1. The zero-order chi connectivity index (χ0) is 19.2. The Labute approximate surface area is 160 Å².